The predicted molar refractivity (Wildman–Crippen MR) is 71.7 cm³/mol. The maximum Gasteiger partial charge on any atom is 0.169 e. The van der Waals surface area contributed by atoms with Gasteiger partial charge in [0.25, 0.3) is 0 Å². The maximum absolute atomic E-state index is 14.0. The maximum atomic E-state index is 14.0. The smallest absolute Gasteiger partial charge is 0.169 e. The number of nitrogen functional groups attached to an aromatic ring is 1. The van der Waals surface area contributed by atoms with Crippen molar-refractivity contribution in [3.63, 3.8) is 0 Å². The van der Waals surface area contributed by atoms with Gasteiger partial charge in [0.05, 0.1) is 12.0 Å². The monoisotopic (exact) mass is 300 g/mol. The standard InChI is InChI=1S/C12H17FN4O4/c1-12(20,9(19)7(4-18)21-2)17-3-6(13)8-10(14)15-5-16-11(8)17/h3,5,7,9,18-20H,4H2,1-2H3,(H2,14,15,16)/t7-,9-,12-/m1/s1. The van der Waals surface area contributed by atoms with Crippen molar-refractivity contribution in [1.82, 2.24) is 14.5 Å². The van der Waals surface area contributed by atoms with Crippen LogP contribution >= 0.6 is 0 Å². The molecule has 0 aromatic carbocycles. The summed E-state index contributed by atoms with van der Waals surface area (Å²) >= 11 is 0. The van der Waals surface area contributed by atoms with Gasteiger partial charge in [0, 0.05) is 13.3 Å². The first-order chi connectivity index (χ1) is 9.84. The quantitative estimate of drug-likeness (QED) is 0.568. The molecule has 0 fully saturated rings. The van der Waals surface area contributed by atoms with Crippen molar-refractivity contribution in [3.8, 4) is 0 Å². The van der Waals surface area contributed by atoms with Gasteiger partial charge in [-0.15, -0.1) is 0 Å². The molecule has 0 aliphatic carbocycles. The first-order valence-electron chi connectivity index (χ1n) is 6.16. The number of rotatable bonds is 5. The summed E-state index contributed by atoms with van der Waals surface area (Å²) in [5.41, 5.74) is 3.63. The molecule has 2 rings (SSSR count). The largest absolute Gasteiger partial charge is 0.394 e. The Bertz CT molecular complexity index is 641. The van der Waals surface area contributed by atoms with Crippen LogP contribution in [0.15, 0.2) is 12.5 Å². The van der Waals surface area contributed by atoms with E-state index < -0.39 is 30.4 Å². The van der Waals surface area contributed by atoms with Crippen molar-refractivity contribution in [2.24, 2.45) is 0 Å². The molecule has 116 valence electrons. The van der Waals surface area contributed by atoms with Crippen molar-refractivity contribution in [1.29, 1.82) is 0 Å². The zero-order valence-electron chi connectivity index (χ0n) is 11.6. The highest BCUT2D eigenvalue weighted by atomic mass is 19.1. The molecule has 5 N–H and O–H groups in total. The minimum Gasteiger partial charge on any atom is -0.394 e. The number of ether oxygens (including phenoxy) is 1. The summed E-state index contributed by atoms with van der Waals surface area (Å²) in [7, 11) is 1.27. The van der Waals surface area contributed by atoms with Crippen molar-refractivity contribution >= 4 is 16.9 Å². The molecule has 21 heavy (non-hydrogen) atoms. The van der Waals surface area contributed by atoms with Crippen LogP contribution in [0.3, 0.4) is 0 Å². The average Bonchev–Trinajstić information content (AvgIpc) is 2.79. The highest BCUT2D eigenvalue weighted by molar-refractivity contribution is 5.86. The number of nitrogens with two attached hydrogens (primary N) is 1. The number of aromatic nitrogens is 3. The lowest BCUT2D eigenvalue weighted by Gasteiger charge is -2.34. The molecule has 0 aliphatic rings. The molecular weight excluding hydrogens is 283 g/mol. The van der Waals surface area contributed by atoms with Crippen LogP contribution in [0.4, 0.5) is 10.2 Å². The summed E-state index contributed by atoms with van der Waals surface area (Å²) in [6, 6.07) is 0. The number of fused-ring (bicyclic) bond motifs is 1. The molecular formula is C12H17FN4O4. The van der Waals surface area contributed by atoms with E-state index in [2.05, 4.69) is 9.97 Å². The molecule has 8 nitrogen and oxygen atoms in total. The number of nitrogens with zero attached hydrogens (tertiary/aromatic N) is 3. The van der Waals surface area contributed by atoms with Gasteiger partial charge in [-0.05, 0) is 6.92 Å². The van der Waals surface area contributed by atoms with E-state index in [1.54, 1.807) is 0 Å². The Morgan fingerprint density at radius 2 is 2.19 bits per heavy atom. The molecule has 0 aliphatic heterocycles. The zero-order chi connectivity index (χ0) is 15.8. The van der Waals surface area contributed by atoms with Crippen molar-refractivity contribution in [2.45, 2.75) is 24.9 Å². The highest BCUT2D eigenvalue weighted by Gasteiger charge is 2.40. The van der Waals surface area contributed by atoms with E-state index in [9.17, 15) is 14.6 Å². The third-order valence-electron chi connectivity index (χ3n) is 3.45. The van der Waals surface area contributed by atoms with Crippen LogP contribution < -0.4 is 5.73 Å². The van der Waals surface area contributed by atoms with Gasteiger partial charge in [-0.3, -0.25) is 4.57 Å². The summed E-state index contributed by atoms with van der Waals surface area (Å²) in [6.45, 7) is 0.725. The number of hydrogen-bond donors (Lipinski definition) is 4. The predicted octanol–water partition coefficient (Wildman–Crippen LogP) is -0.814. The van der Waals surface area contributed by atoms with Crippen LogP contribution in [0, 0.1) is 5.82 Å². The lowest BCUT2D eigenvalue weighted by Crippen LogP contribution is -2.50. The van der Waals surface area contributed by atoms with Gasteiger partial charge in [0.2, 0.25) is 0 Å². The van der Waals surface area contributed by atoms with Crippen LogP contribution in [0.5, 0.6) is 0 Å². The molecule has 0 saturated carbocycles. The average molecular weight is 300 g/mol. The molecule has 0 amide bonds. The minimum absolute atomic E-state index is 0.0249. The van der Waals surface area contributed by atoms with Crippen molar-refractivity contribution in [2.75, 3.05) is 19.5 Å². The van der Waals surface area contributed by atoms with Gasteiger partial charge < -0.3 is 25.8 Å². The van der Waals surface area contributed by atoms with Crippen LogP contribution in [0.2, 0.25) is 0 Å². The molecule has 2 aromatic rings. The number of halogens is 1. The van der Waals surface area contributed by atoms with E-state index in [0.717, 1.165) is 17.1 Å². The first-order valence-corrected chi connectivity index (χ1v) is 6.16. The van der Waals surface area contributed by atoms with E-state index in [-0.39, 0.29) is 16.9 Å². The molecule has 9 heteroatoms. The van der Waals surface area contributed by atoms with E-state index in [1.165, 1.54) is 14.0 Å². The molecule has 0 unspecified atom stereocenters. The SMILES string of the molecule is CO[C@H](CO)[C@@H](O)[C@@](C)(O)n1cc(F)c2c(N)ncnc21. The molecule has 2 heterocycles. The van der Waals surface area contributed by atoms with Gasteiger partial charge in [0.15, 0.2) is 17.2 Å². The van der Waals surface area contributed by atoms with E-state index in [0.29, 0.717) is 0 Å². The van der Waals surface area contributed by atoms with Gasteiger partial charge in [-0.2, -0.15) is 0 Å². The zero-order valence-corrected chi connectivity index (χ0v) is 11.6. The third-order valence-corrected chi connectivity index (χ3v) is 3.45. The Balaban J connectivity index is 2.57. The minimum atomic E-state index is -1.98. The topological polar surface area (TPSA) is 127 Å². The van der Waals surface area contributed by atoms with Crippen LogP contribution in [0.25, 0.3) is 11.0 Å². The second kappa shape index (κ2) is 5.53. The molecule has 0 radical (unpaired) electrons. The second-order valence-corrected chi connectivity index (χ2v) is 4.80. The summed E-state index contributed by atoms with van der Waals surface area (Å²) in [4.78, 5) is 7.56. The summed E-state index contributed by atoms with van der Waals surface area (Å²) in [6.07, 6.45) is -0.503. The lowest BCUT2D eigenvalue weighted by atomic mass is 10.0. The Morgan fingerprint density at radius 1 is 1.52 bits per heavy atom. The molecule has 2 aromatic heterocycles. The fraction of sp³-hybridized carbons (Fsp3) is 0.500. The first kappa shape index (κ1) is 15.6. The molecule has 0 bridgehead atoms. The summed E-state index contributed by atoms with van der Waals surface area (Å²) in [5, 5.41) is 29.8. The third kappa shape index (κ3) is 2.44. The number of anilines is 1. The van der Waals surface area contributed by atoms with Crippen LogP contribution in [-0.2, 0) is 10.5 Å². The molecule has 0 spiro atoms. The number of aliphatic hydroxyl groups excluding tert-OH is 2. The van der Waals surface area contributed by atoms with Crippen molar-refractivity contribution < 1.29 is 24.4 Å². The van der Waals surface area contributed by atoms with Crippen LogP contribution in [-0.4, -0.2) is 55.8 Å². The second-order valence-electron chi connectivity index (χ2n) is 4.80. The van der Waals surface area contributed by atoms with E-state index in [1.807, 2.05) is 0 Å². The molecule has 0 saturated heterocycles. The van der Waals surface area contributed by atoms with Gasteiger partial charge in [-0.1, -0.05) is 0 Å². The number of methoxy groups -OCH3 is 1. The summed E-state index contributed by atoms with van der Waals surface area (Å²) in [5.74, 6) is -0.805. The molecule has 3 atom stereocenters. The Morgan fingerprint density at radius 3 is 2.76 bits per heavy atom. The Hall–Kier alpha value is -1.81. The normalized spacial score (nSPS) is 17.6. The fourth-order valence-electron chi connectivity index (χ4n) is 2.18. The highest BCUT2D eigenvalue weighted by Crippen LogP contribution is 2.30. The fourth-order valence-corrected chi connectivity index (χ4v) is 2.18. The summed E-state index contributed by atoms with van der Waals surface area (Å²) < 4.78 is 19.9. The van der Waals surface area contributed by atoms with Crippen LogP contribution in [0.1, 0.15) is 6.92 Å². The lowest BCUT2D eigenvalue weighted by molar-refractivity contribution is -0.174. The Labute approximate surface area is 119 Å². The van der Waals surface area contributed by atoms with Gasteiger partial charge in [-0.25, -0.2) is 14.4 Å². The van der Waals surface area contributed by atoms with Gasteiger partial charge in [0.1, 0.15) is 24.4 Å². The number of aliphatic hydroxyl groups is 3. The van der Waals surface area contributed by atoms with E-state index >= 15 is 0 Å². The van der Waals surface area contributed by atoms with Crippen molar-refractivity contribution in [3.05, 3.63) is 18.3 Å². The Kier molecular flexibility index (Phi) is 4.10. The van der Waals surface area contributed by atoms with Gasteiger partial charge >= 0.3 is 0 Å². The number of hydrogen-bond acceptors (Lipinski definition) is 7. The van der Waals surface area contributed by atoms with E-state index in [4.69, 9.17) is 15.6 Å².